The van der Waals surface area contributed by atoms with E-state index >= 15 is 0 Å². The number of piperidine rings is 1. The molecule has 114 valence electrons. The molecule has 2 aromatic rings. The van der Waals surface area contributed by atoms with Gasteiger partial charge >= 0.3 is 6.18 Å². The summed E-state index contributed by atoms with van der Waals surface area (Å²) < 4.78 is 41.1. The largest absolute Gasteiger partial charge is 0.408 e. The van der Waals surface area contributed by atoms with Crippen molar-refractivity contribution in [3.63, 3.8) is 0 Å². The van der Waals surface area contributed by atoms with Crippen LogP contribution in [0.15, 0.2) is 18.3 Å². The minimum Gasteiger partial charge on any atom is -0.344 e. The Labute approximate surface area is 120 Å². The van der Waals surface area contributed by atoms with Gasteiger partial charge in [-0.3, -0.25) is 0 Å². The maximum atomic E-state index is 13.2. The fourth-order valence-corrected chi connectivity index (χ4v) is 2.80. The lowest BCUT2D eigenvalue weighted by Gasteiger charge is -2.37. The van der Waals surface area contributed by atoms with Gasteiger partial charge in [-0.05, 0) is 31.7 Å². The number of rotatable bonds is 2. The van der Waals surface area contributed by atoms with Crippen molar-refractivity contribution in [3.05, 3.63) is 24.0 Å². The van der Waals surface area contributed by atoms with Crippen LogP contribution in [0.5, 0.6) is 0 Å². The van der Waals surface area contributed by atoms with Crippen LogP contribution < -0.4 is 4.90 Å². The predicted molar refractivity (Wildman–Crippen MR) is 73.4 cm³/mol. The van der Waals surface area contributed by atoms with Crippen molar-refractivity contribution in [2.75, 3.05) is 11.4 Å². The summed E-state index contributed by atoms with van der Waals surface area (Å²) in [6, 6.07) is 1.99. The van der Waals surface area contributed by atoms with Crippen molar-refractivity contribution < 1.29 is 13.2 Å². The van der Waals surface area contributed by atoms with Crippen molar-refractivity contribution >= 4 is 11.5 Å². The number of aryl methyl sites for hydroxylation is 1. The van der Waals surface area contributed by atoms with Gasteiger partial charge in [-0.1, -0.05) is 6.92 Å². The smallest absolute Gasteiger partial charge is 0.344 e. The summed E-state index contributed by atoms with van der Waals surface area (Å²) in [7, 11) is 0. The second-order valence-corrected chi connectivity index (χ2v) is 5.32. The summed E-state index contributed by atoms with van der Waals surface area (Å²) >= 11 is 0. The van der Waals surface area contributed by atoms with Gasteiger partial charge < -0.3 is 4.90 Å². The Morgan fingerprint density at radius 1 is 1.33 bits per heavy atom. The first-order valence-corrected chi connectivity index (χ1v) is 7.17. The molecule has 0 N–H and O–H groups in total. The van der Waals surface area contributed by atoms with Crippen molar-refractivity contribution in [1.82, 2.24) is 14.6 Å². The van der Waals surface area contributed by atoms with Crippen LogP contribution in [-0.2, 0) is 6.42 Å². The molecule has 1 unspecified atom stereocenters. The Balaban J connectivity index is 1.97. The number of alkyl halides is 3. The molecule has 1 fully saturated rings. The highest BCUT2D eigenvalue weighted by Gasteiger charge is 2.45. The van der Waals surface area contributed by atoms with E-state index in [-0.39, 0.29) is 6.42 Å². The molecule has 0 bridgehead atoms. The number of hydrogen-bond donors (Lipinski definition) is 0. The van der Waals surface area contributed by atoms with Gasteiger partial charge in [0.2, 0.25) is 0 Å². The fourth-order valence-electron chi connectivity index (χ4n) is 2.80. The van der Waals surface area contributed by atoms with Crippen molar-refractivity contribution in [2.45, 2.75) is 44.8 Å². The molecule has 0 radical (unpaired) electrons. The molecule has 0 saturated carbocycles. The van der Waals surface area contributed by atoms with Gasteiger partial charge in [0, 0.05) is 18.8 Å². The van der Waals surface area contributed by atoms with E-state index in [1.807, 2.05) is 13.0 Å². The molecule has 0 aromatic carbocycles. The van der Waals surface area contributed by atoms with Crippen molar-refractivity contribution in [1.29, 1.82) is 0 Å². The number of aromatic nitrogens is 3. The summed E-state index contributed by atoms with van der Waals surface area (Å²) in [6.07, 6.45) is -0.264. The molecule has 0 aliphatic carbocycles. The molecule has 21 heavy (non-hydrogen) atoms. The first-order chi connectivity index (χ1) is 9.99. The Morgan fingerprint density at radius 3 is 2.86 bits per heavy atom. The van der Waals surface area contributed by atoms with Crippen molar-refractivity contribution in [2.24, 2.45) is 0 Å². The van der Waals surface area contributed by atoms with Gasteiger partial charge in [-0.2, -0.15) is 18.3 Å². The monoisotopic (exact) mass is 298 g/mol. The minimum absolute atomic E-state index is 0.135. The molecule has 1 aliphatic heterocycles. The lowest BCUT2D eigenvalue weighted by atomic mass is 10.0. The van der Waals surface area contributed by atoms with Crippen LogP contribution in [0.1, 0.15) is 31.9 Å². The highest BCUT2D eigenvalue weighted by Crippen LogP contribution is 2.34. The van der Waals surface area contributed by atoms with Gasteiger partial charge in [0.15, 0.2) is 5.65 Å². The molecule has 0 spiro atoms. The third kappa shape index (κ3) is 2.69. The van der Waals surface area contributed by atoms with Gasteiger partial charge in [0.25, 0.3) is 0 Å². The zero-order chi connectivity index (χ0) is 15.0. The molecular weight excluding hydrogens is 281 g/mol. The average Bonchev–Trinajstić information content (AvgIpc) is 2.88. The molecule has 2 aromatic heterocycles. The van der Waals surface area contributed by atoms with Crippen LogP contribution in [0.25, 0.3) is 5.65 Å². The quantitative estimate of drug-likeness (QED) is 0.853. The zero-order valence-electron chi connectivity index (χ0n) is 11.8. The van der Waals surface area contributed by atoms with Crippen molar-refractivity contribution in [3.8, 4) is 0 Å². The molecule has 3 heterocycles. The minimum atomic E-state index is -4.22. The van der Waals surface area contributed by atoms with Crippen LogP contribution in [-0.4, -0.2) is 33.4 Å². The standard InChI is InChI=1S/C14H17F3N4/c1-2-10-9-13-18-12(6-8-21(13)19-10)20-7-4-3-5-11(20)14(15,16)17/h6,8-9,11H,2-5,7H2,1H3. The predicted octanol–water partition coefficient (Wildman–Crippen LogP) is 3.21. The highest BCUT2D eigenvalue weighted by atomic mass is 19.4. The molecule has 4 nitrogen and oxygen atoms in total. The van der Waals surface area contributed by atoms with Gasteiger partial charge in [0.05, 0.1) is 5.69 Å². The maximum Gasteiger partial charge on any atom is 0.408 e. The number of anilines is 1. The SMILES string of the molecule is CCc1cc2nc(N3CCCCC3C(F)(F)F)ccn2n1. The second kappa shape index (κ2) is 5.20. The van der Waals surface area contributed by atoms with Crippen LogP contribution in [0.2, 0.25) is 0 Å². The lowest BCUT2D eigenvalue weighted by molar-refractivity contribution is -0.152. The summed E-state index contributed by atoms with van der Waals surface area (Å²) in [5.41, 5.74) is 1.47. The van der Waals surface area contributed by atoms with E-state index in [4.69, 9.17) is 0 Å². The van der Waals surface area contributed by atoms with E-state index in [9.17, 15) is 13.2 Å². The maximum absolute atomic E-state index is 13.2. The molecule has 1 atom stereocenters. The molecule has 1 aliphatic rings. The zero-order valence-corrected chi connectivity index (χ0v) is 11.8. The summed E-state index contributed by atoms with van der Waals surface area (Å²) in [6.45, 7) is 2.37. The third-order valence-corrected chi connectivity index (χ3v) is 3.90. The Hall–Kier alpha value is -1.79. The van der Waals surface area contributed by atoms with Crippen LogP contribution in [0.3, 0.4) is 0 Å². The summed E-state index contributed by atoms with van der Waals surface area (Å²) in [5.74, 6) is 0.382. The number of nitrogens with zero attached hydrogens (tertiary/aromatic N) is 4. The molecule has 1 saturated heterocycles. The van der Waals surface area contributed by atoms with E-state index in [0.717, 1.165) is 18.5 Å². The van der Waals surface area contributed by atoms with Crippen LogP contribution in [0.4, 0.5) is 19.0 Å². The Morgan fingerprint density at radius 2 is 2.14 bits per heavy atom. The van der Waals surface area contributed by atoms with Crippen LogP contribution >= 0.6 is 0 Å². The number of fused-ring (bicyclic) bond motifs is 1. The topological polar surface area (TPSA) is 33.4 Å². The normalized spacial score (nSPS) is 20.2. The first-order valence-electron chi connectivity index (χ1n) is 7.17. The van der Waals surface area contributed by atoms with E-state index in [0.29, 0.717) is 24.4 Å². The van der Waals surface area contributed by atoms with E-state index in [1.54, 1.807) is 16.8 Å². The van der Waals surface area contributed by atoms with E-state index in [1.165, 1.54) is 4.90 Å². The average molecular weight is 298 g/mol. The first kappa shape index (κ1) is 14.2. The number of hydrogen-bond acceptors (Lipinski definition) is 3. The summed E-state index contributed by atoms with van der Waals surface area (Å²) in [4.78, 5) is 5.73. The molecule has 7 heteroatoms. The lowest BCUT2D eigenvalue weighted by Crippen LogP contribution is -2.49. The fraction of sp³-hybridized carbons (Fsp3) is 0.571. The number of halogens is 3. The molecule has 3 rings (SSSR count). The Kier molecular flexibility index (Phi) is 3.51. The van der Waals surface area contributed by atoms with Gasteiger partial charge in [0.1, 0.15) is 11.9 Å². The van der Waals surface area contributed by atoms with E-state index < -0.39 is 12.2 Å². The third-order valence-electron chi connectivity index (χ3n) is 3.90. The highest BCUT2D eigenvalue weighted by molar-refractivity contribution is 5.49. The molecule has 0 amide bonds. The van der Waals surface area contributed by atoms with Gasteiger partial charge in [-0.15, -0.1) is 0 Å². The van der Waals surface area contributed by atoms with Gasteiger partial charge in [-0.25, -0.2) is 9.50 Å². The van der Waals surface area contributed by atoms with Crippen LogP contribution in [0, 0.1) is 0 Å². The Bertz CT molecular complexity index is 635. The molecular formula is C14H17F3N4. The second-order valence-electron chi connectivity index (χ2n) is 5.32. The van der Waals surface area contributed by atoms with E-state index in [2.05, 4.69) is 10.1 Å². The summed E-state index contributed by atoms with van der Waals surface area (Å²) in [5, 5.41) is 4.30.